The molecule has 2 fully saturated rings. The van der Waals surface area contributed by atoms with Crippen LogP contribution in [0.25, 0.3) is 0 Å². The Kier molecular flexibility index (Phi) is 7.00. The van der Waals surface area contributed by atoms with Crippen LogP contribution in [0.4, 0.5) is 4.79 Å². The summed E-state index contributed by atoms with van der Waals surface area (Å²) in [6.07, 6.45) is 5.28. The summed E-state index contributed by atoms with van der Waals surface area (Å²) in [5, 5.41) is 14.6. The van der Waals surface area contributed by atoms with E-state index in [2.05, 4.69) is 16.7 Å². The number of nitrogens with zero attached hydrogens (tertiary/aromatic N) is 2. The number of urea groups is 1. The van der Waals surface area contributed by atoms with Crippen molar-refractivity contribution in [3.63, 3.8) is 0 Å². The molecule has 0 aromatic heterocycles. The Morgan fingerprint density at radius 3 is 2.36 bits per heavy atom. The van der Waals surface area contributed by atoms with Crippen LogP contribution in [-0.4, -0.2) is 52.9 Å². The summed E-state index contributed by atoms with van der Waals surface area (Å²) in [5.74, 6) is -1.85. The van der Waals surface area contributed by atoms with Gasteiger partial charge in [-0.15, -0.1) is 0 Å². The van der Waals surface area contributed by atoms with Gasteiger partial charge in [-0.25, -0.2) is 4.79 Å². The van der Waals surface area contributed by atoms with Gasteiger partial charge >= 0.3 is 12.0 Å². The standard InChI is InChI=1S/C19H28N4O5/c1-3-7-19(8-4-2)16(26)23(17(27)22-19)11-15(25)28-12-14(24)21-18(13-20)9-5-6-10-18/h3-12H2,1-2H3,(H,21,24)(H,22,27). The third-order valence-corrected chi connectivity index (χ3v) is 5.30. The van der Waals surface area contributed by atoms with Crippen LogP contribution in [0.5, 0.6) is 0 Å². The molecule has 2 N–H and O–H groups in total. The summed E-state index contributed by atoms with van der Waals surface area (Å²) in [4.78, 5) is 49.8. The molecule has 0 radical (unpaired) electrons. The fourth-order valence-electron chi connectivity index (χ4n) is 4.00. The number of nitrogens with one attached hydrogen (secondary N) is 2. The van der Waals surface area contributed by atoms with Crippen molar-refractivity contribution in [2.75, 3.05) is 13.2 Å². The first-order chi connectivity index (χ1) is 13.3. The van der Waals surface area contributed by atoms with Gasteiger partial charge in [0.25, 0.3) is 11.8 Å². The highest BCUT2D eigenvalue weighted by molar-refractivity contribution is 6.08. The number of carbonyl (C=O) groups is 4. The largest absolute Gasteiger partial charge is 0.454 e. The summed E-state index contributed by atoms with van der Waals surface area (Å²) in [6.45, 7) is 2.74. The molecule has 9 nitrogen and oxygen atoms in total. The van der Waals surface area contributed by atoms with Gasteiger partial charge in [-0.1, -0.05) is 26.7 Å². The molecule has 154 valence electrons. The fraction of sp³-hybridized carbons (Fsp3) is 0.737. The number of carbonyl (C=O) groups excluding carboxylic acids is 4. The molecule has 28 heavy (non-hydrogen) atoms. The smallest absolute Gasteiger partial charge is 0.326 e. The van der Waals surface area contributed by atoms with E-state index in [9.17, 15) is 24.4 Å². The van der Waals surface area contributed by atoms with Crippen LogP contribution in [0.2, 0.25) is 0 Å². The number of hydrogen-bond donors (Lipinski definition) is 2. The molecule has 1 heterocycles. The lowest BCUT2D eigenvalue weighted by Crippen LogP contribution is -2.47. The molecule has 0 aromatic rings. The minimum Gasteiger partial charge on any atom is -0.454 e. The highest BCUT2D eigenvalue weighted by atomic mass is 16.5. The molecule has 0 bridgehead atoms. The average molecular weight is 392 g/mol. The van der Waals surface area contributed by atoms with Gasteiger partial charge in [0.2, 0.25) is 0 Å². The summed E-state index contributed by atoms with van der Waals surface area (Å²) < 4.78 is 4.92. The van der Waals surface area contributed by atoms with Crippen LogP contribution >= 0.6 is 0 Å². The van der Waals surface area contributed by atoms with Crippen molar-refractivity contribution < 1.29 is 23.9 Å². The van der Waals surface area contributed by atoms with E-state index >= 15 is 0 Å². The molecule has 0 spiro atoms. The Morgan fingerprint density at radius 2 is 1.82 bits per heavy atom. The lowest BCUT2D eigenvalue weighted by molar-refractivity contribution is -0.151. The topological polar surface area (TPSA) is 129 Å². The van der Waals surface area contributed by atoms with Gasteiger partial charge in [0.05, 0.1) is 6.07 Å². The molecular weight excluding hydrogens is 364 g/mol. The molecule has 0 unspecified atom stereocenters. The zero-order valence-corrected chi connectivity index (χ0v) is 16.5. The summed E-state index contributed by atoms with van der Waals surface area (Å²) in [7, 11) is 0. The zero-order valence-electron chi connectivity index (χ0n) is 16.5. The van der Waals surface area contributed by atoms with Gasteiger partial charge in [-0.05, 0) is 38.5 Å². The predicted octanol–water partition coefficient (Wildman–Crippen LogP) is 1.37. The number of nitriles is 1. The number of imide groups is 1. The van der Waals surface area contributed by atoms with Gasteiger partial charge in [0.15, 0.2) is 6.61 Å². The molecule has 1 saturated carbocycles. The van der Waals surface area contributed by atoms with Crippen LogP contribution in [-0.2, 0) is 19.1 Å². The molecule has 1 aliphatic carbocycles. The van der Waals surface area contributed by atoms with Crippen molar-refractivity contribution in [3.05, 3.63) is 0 Å². The number of hydrogen-bond acceptors (Lipinski definition) is 6. The highest BCUT2D eigenvalue weighted by Crippen LogP contribution is 2.29. The summed E-state index contributed by atoms with van der Waals surface area (Å²) >= 11 is 0. The maximum atomic E-state index is 12.7. The Balaban J connectivity index is 1.88. The lowest BCUT2D eigenvalue weighted by Gasteiger charge is -2.25. The van der Waals surface area contributed by atoms with Crippen molar-refractivity contribution in [3.8, 4) is 6.07 Å². The van der Waals surface area contributed by atoms with Gasteiger partial charge in [0, 0.05) is 0 Å². The molecule has 1 aliphatic heterocycles. The highest BCUT2D eigenvalue weighted by Gasteiger charge is 2.50. The second kappa shape index (κ2) is 9.04. The Morgan fingerprint density at radius 1 is 1.21 bits per heavy atom. The number of rotatable bonds is 9. The van der Waals surface area contributed by atoms with Crippen LogP contribution in [0.1, 0.15) is 65.2 Å². The molecule has 0 atom stereocenters. The maximum absolute atomic E-state index is 12.7. The van der Waals surface area contributed by atoms with Gasteiger partial charge < -0.3 is 15.4 Å². The SMILES string of the molecule is CCCC1(CCC)NC(=O)N(CC(=O)OCC(=O)NC2(C#N)CCCC2)C1=O. The van der Waals surface area contributed by atoms with Gasteiger partial charge in [0.1, 0.15) is 17.6 Å². The number of esters is 1. The Bertz CT molecular complexity index is 672. The van der Waals surface area contributed by atoms with Crippen molar-refractivity contribution in [1.29, 1.82) is 5.26 Å². The molecule has 2 aliphatic rings. The molecule has 0 aromatic carbocycles. The Labute approximate surface area is 164 Å². The van der Waals surface area contributed by atoms with E-state index < -0.39 is 48.0 Å². The number of ether oxygens (including phenoxy) is 1. The van der Waals surface area contributed by atoms with E-state index in [0.29, 0.717) is 38.5 Å². The van der Waals surface area contributed by atoms with Crippen LogP contribution < -0.4 is 10.6 Å². The van der Waals surface area contributed by atoms with Crippen LogP contribution in [0.3, 0.4) is 0 Å². The lowest BCUT2D eigenvalue weighted by atomic mass is 9.88. The molecular formula is C19H28N4O5. The predicted molar refractivity (Wildman–Crippen MR) is 98.7 cm³/mol. The third kappa shape index (κ3) is 4.61. The van der Waals surface area contributed by atoms with E-state index in [-0.39, 0.29) is 0 Å². The first-order valence-electron chi connectivity index (χ1n) is 9.83. The normalized spacial score (nSPS) is 19.8. The average Bonchev–Trinajstić information content (AvgIpc) is 3.20. The fourth-order valence-corrected chi connectivity index (χ4v) is 4.00. The van der Waals surface area contributed by atoms with E-state index in [1.54, 1.807) is 0 Å². The molecule has 2 rings (SSSR count). The van der Waals surface area contributed by atoms with Gasteiger partial charge in [-0.2, -0.15) is 5.26 Å². The van der Waals surface area contributed by atoms with Crippen molar-refractivity contribution in [2.24, 2.45) is 0 Å². The van der Waals surface area contributed by atoms with E-state index in [4.69, 9.17) is 4.74 Å². The number of amides is 4. The Hall–Kier alpha value is -2.63. The summed E-state index contributed by atoms with van der Waals surface area (Å²) in [5.41, 5.74) is -1.87. The van der Waals surface area contributed by atoms with E-state index in [1.165, 1.54) is 0 Å². The summed E-state index contributed by atoms with van der Waals surface area (Å²) in [6, 6.07) is 1.50. The van der Waals surface area contributed by atoms with Crippen molar-refractivity contribution >= 4 is 23.8 Å². The van der Waals surface area contributed by atoms with Gasteiger partial charge in [-0.3, -0.25) is 19.3 Å². The zero-order chi connectivity index (χ0) is 20.8. The van der Waals surface area contributed by atoms with Crippen LogP contribution in [0, 0.1) is 11.3 Å². The van der Waals surface area contributed by atoms with Crippen LogP contribution in [0.15, 0.2) is 0 Å². The van der Waals surface area contributed by atoms with E-state index in [1.807, 2.05) is 13.8 Å². The van der Waals surface area contributed by atoms with Crippen molar-refractivity contribution in [2.45, 2.75) is 76.3 Å². The van der Waals surface area contributed by atoms with Crippen molar-refractivity contribution in [1.82, 2.24) is 15.5 Å². The molecule has 1 saturated heterocycles. The second-order valence-corrected chi connectivity index (χ2v) is 7.51. The monoisotopic (exact) mass is 392 g/mol. The minimum absolute atomic E-state index is 0.433. The third-order valence-electron chi connectivity index (χ3n) is 5.30. The first kappa shape index (κ1) is 21.7. The van der Waals surface area contributed by atoms with E-state index in [0.717, 1.165) is 17.7 Å². The molecule has 4 amide bonds. The second-order valence-electron chi connectivity index (χ2n) is 7.51. The molecule has 9 heteroatoms. The first-order valence-corrected chi connectivity index (χ1v) is 9.83. The quantitative estimate of drug-likeness (QED) is 0.450. The maximum Gasteiger partial charge on any atom is 0.326 e. The minimum atomic E-state index is -0.972.